The molecule has 0 atom stereocenters. The average molecular weight is 286 g/mol. The Labute approximate surface area is 123 Å². The fraction of sp³-hybridized carbons (Fsp3) is 0.250. The molecular weight excluding hydrogens is 268 g/mol. The molecule has 1 amide bonds. The Balaban J connectivity index is 1.72. The van der Waals surface area contributed by atoms with Crippen LogP contribution in [0, 0.1) is 0 Å². The van der Waals surface area contributed by atoms with Crippen LogP contribution in [-0.4, -0.2) is 22.6 Å². The van der Waals surface area contributed by atoms with Crippen molar-refractivity contribution in [1.82, 2.24) is 4.98 Å². The smallest absolute Gasteiger partial charge is 0.226 e. The van der Waals surface area contributed by atoms with Gasteiger partial charge in [0.1, 0.15) is 0 Å². The van der Waals surface area contributed by atoms with Crippen molar-refractivity contribution in [2.75, 3.05) is 11.9 Å². The van der Waals surface area contributed by atoms with E-state index >= 15 is 0 Å². The third-order valence-electron chi connectivity index (χ3n) is 2.94. The number of ether oxygens (including phenoxy) is 1. The van der Waals surface area contributed by atoms with Crippen molar-refractivity contribution in [2.45, 2.75) is 19.6 Å². The number of aliphatic hydroxyl groups excluding tert-OH is 1. The van der Waals surface area contributed by atoms with Crippen molar-refractivity contribution in [1.29, 1.82) is 0 Å². The number of nitrogens with one attached hydrogen (secondary N) is 1. The summed E-state index contributed by atoms with van der Waals surface area (Å²) in [7, 11) is 0. The monoisotopic (exact) mass is 286 g/mol. The molecule has 0 spiro atoms. The van der Waals surface area contributed by atoms with Gasteiger partial charge in [-0.2, -0.15) is 0 Å². The molecule has 5 nitrogen and oxygen atoms in total. The summed E-state index contributed by atoms with van der Waals surface area (Å²) in [6.45, 7) is 0.695. The van der Waals surface area contributed by atoms with E-state index in [9.17, 15) is 4.79 Å². The van der Waals surface area contributed by atoms with Gasteiger partial charge < -0.3 is 15.2 Å². The van der Waals surface area contributed by atoms with Gasteiger partial charge in [-0.05, 0) is 11.6 Å². The van der Waals surface area contributed by atoms with Gasteiger partial charge in [-0.25, -0.2) is 0 Å². The van der Waals surface area contributed by atoms with E-state index in [-0.39, 0.29) is 18.9 Å². The number of aliphatic hydroxyl groups is 1. The second kappa shape index (κ2) is 8.14. The summed E-state index contributed by atoms with van der Waals surface area (Å²) < 4.78 is 5.46. The van der Waals surface area contributed by atoms with Crippen LogP contribution >= 0.6 is 0 Å². The van der Waals surface area contributed by atoms with Crippen molar-refractivity contribution < 1.29 is 14.6 Å². The molecule has 0 aliphatic heterocycles. The van der Waals surface area contributed by atoms with Crippen molar-refractivity contribution in [3.05, 3.63) is 59.9 Å². The van der Waals surface area contributed by atoms with Crippen LogP contribution in [0.2, 0.25) is 0 Å². The van der Waals surface area contributed by atoms with E-state index in [1.807, 2.05) is 30.3 Å². The van der Waals surface area contributed by atoms with Gasteiger partial charge in [-0.1, -0.05) is 30.3 Å². The summed E-state index contributed by atoms with van der Waals surface area (Å²) in [6.07, 6.45) is 3.35. The van der Waals surface area contributed by atoms with E-state index in [4.69, 9.17) is 9.84 Å². The van der Waals surface area contributed by atoms with Gasteiger partial charge in [0.2, 0.25) is 5.91 Å². The van der Waals surface area contributed by atoms with Crippen molar-refractivity contribution in [2.24, 2.45) is 0 Å². The lowest BCUT2D eigenvalue weighted by molar-refractivity contribution is -0.117. The highest BCUT2D eigenvalue weighted by atomic mass is 16.5. The first-order valence-electron chi connectivity index (χ1n) is 6.75. The molecule has 1 heterocycles. The average Bonchev–Trinajstić information content (AvgIpc) is 2.53. The molecule has 2 rings (SSSR count). The van der Waals surface area contributed by atoms with Crippen molar-refractivity contribution in [3.8, 4) is 0 Å². The van der Waals surface area contributed by atoms with Crippen LogP contribution < -0.4 is 5.32 Å². The van der Waals surface area contributed by atoms with Gasteiger partial charge in [0.15, 0.2) is 0 Å². The van der Waals surface area contributed by atoms with Crippen LogP contribution in [0.5, 0.6) is 0 Å². The topological polar surface area (TPSA) is 71.5 Å². The van der Waals surface area contributed by atoms with E-state index in [1.165, 1.54) is 6.20 Å². The maximum Gasteiger partial charge on any atom is 0.226 e. The van der Waals surface area contributed by atoms with Crippen LogP contribution in [0.25, 0.3) is 0 Å². The number of pyridine rings is 1. The van der Waals surface area contributed by atoms with Gasteiger partial charge in [-0.3, -0.25) is 9.78 Å². The first kappa shape index (κ1) is 15.2. The van der Waals surface area contributed by atoms with E-state index in [1.54, 1.807) is 12.3 Å². The zero-order chi connectivity index (χ0) is 14.9. The summed E-state index contributed by atoms with van der Waals surface area (Å²) >= 11 is 0. The van der Waals surface area contributed by atoms with Crippen molar-refractivity contribution in [3.63, 3.8) is 0 Å². The third-order valence-corrected chi connectivity index (χ3v) is 2.94. The predicted molar refractivity (Wildman–Crippen MR) is 79.5 cm³/mol. The number of rotatable bonds is 7. The molecule has 0 bridgehead atoms. The number of anilines is 1. The Kier molecular flexibility index (Phi) is 5.87. The molecule has 110 valence electrons. The lowest BCUT2D eigenvalue weighted by atomic mass is 10.2. The van der Waals surface area contributed by atoms with Gasteiger partial charge in [0, 0.05) is 11.8 Å². The first-order chi connectivity index (χ1) is 10.3. The summed E-state index contributed by atoms with van der Waals surface area (Å²) in [5, 5.41) is 11.9. The molecule has 1 aromatic carbocycles. The fourth-order valence-corrected chi connectivity index (χ4v) is 1.82. The molecule has 0 aliphatic carbocycles. The molecule has 5 heteroatoms. The zero-order valence-corrected chi connectivity index (χ0v) is 11.7. The fourth-order valence-electron chi connectivity index (χ4n) is 1.82. The molecule has 0 saturated heterocycles. The Morgan fingerprint density at radius 1 is 1.24 bits per heavy atom. The maximum absolute atomic E-state index is 11.8. The van der Waals surface area contributed by atoms with Crippen molar-refractivity contribution >= 4 is 11.6 Å². The zero-order valence-electron chi connectivity index (χ0n) is 11.7. The predicted octanol–water partition coefficient (Wildman–Crippen LogP) is 2.12. The van der Waals surface area contributed by atoms with Crippen LogP contribution in [0.15, 0.2) is 48.8 Å². The van der Waals surface area contributed by atoms with Crippen LogP contribution in [-0.2, 0) is 22.7 Å². The van der Waals surface area contributed by atoms with Gasteiger partial charge in [0.05, 0.1) is 38.1 Å². The summed E-state index contributed by atoms with van der Waals surface area (Å²) in [4.78, 5) is 15.7. The second-order valence-electron chi connectivity index (χ2n) is 4.53. The Morgan fingerprint density at radius 3 is 2.81 bits per heavy atom. The number of carbonyl (C=O) groups excluding carboxylic acids is 1. The number of nitrogens with zero attached hydrogens (tertiary/aromatic N) is 1. The minimum atomic E-state index is -0.161. The van der Waals surface area contributed by atoms with Crippen LogP contribution in [0.3, 0.4) is 0 Å². The van der Waals surface area contributed by atoms with E-state index in [0.717, 1.165) is 5.56 Å². The quantitative estimate of drug-likeness (QED) is 0.765. The number of carbonyl (C=O) groups is 1. The second-order valence-corrected chi connectivity index (χ2v) is 4.53. The number of hydrogen-bond acceptors (Lipinski definition) is 4. The Hall–Kier alpha value is -2.24. The standard InChI is InChI=1S/C16H18N2O3/c19-11-14-6-8-17-10-15(14)18-16(20)7-9-21-12-13-4-2-1-3-5-13/h1-6,8,10,19H,7,9,11-12H2,(H,18,20). The number of hydrogen-bond donors (Lipinski definition) is 2. The highest BCUT2D eigenvalue weighted by molar-refractivity contribution is 5.91. The summed E-state index contributed by atoms with van der Waals surface area (Å²) in [6, 6.07) is 11.5. The van der Waals surface area contributed by atoms with E-state index in [2.05, 4.69) is 10.3 Å². The van der Waals surface area contributed by atoms with Gasteiger partial charge in [-0.15, -0.1) is 0 Å². The minimum Gasteiger partial charge on any atom is -0.392 e. The SMILES string of the molecule is O=C(CCOCc1ccccc1)Nc1cnccc1CO. The molecule has 1 aromatic heterocycles. The van der Waals surface area contributed by atoms with Crippen LogP contribution in [0.1, 0.15) is 17.5 Å². The van der Waals surface area contributed by atoms with Crippen LogP contribution in [0.4, 0.5) is 5.69 Å². The molecule has 0 aliphatic rings. The highest BCUT2D eigenvalue weighted by Gasteiger charge is 2.06. The Bertz CT molecular complexity index is 573. The lowest BCUT2D eigenvalue weighted by Crippen LogP contribution is -2.15. The van der Waals surface area contributed by atoms with E-state index in [0.29, 0.717) is 24.5 Å². The Morgan fingerprint density at radius 2 is 2.05 bits per heavy atom. The van der Waals surface area contributed by atoms with Gasteiger partial charge >= 0.3 is 0 Å². The molecule has 0 saturated carbocycles. The molecule has 0 unspecified atom stereocenters. The number of benzene rings is 1. The summed E-state index contributed by atoms with van der Waals surface area (Å²) in [5.41, 5.74) is 2.25. The number of aromatic nitrogens is 1. The minimum absolute atomic E-state index is 0.136. The normalized spacial score (nSPS) is 10.3. The molecule has 2 aromatic rings. The highest BCUT2D eigenvalue weighted by Crippen LogP contribution is 2.13. The summed E-state index contributed by atoms with van der Waals surface area (Å²) in [5.74, 6) is -0.161. The molecule has 0 fully saturated rings. The maximum atomic E-state index is 11.8. The molecule has 2 N–H and O–H groups in total. The number of amides is 1. The third kappa shape index (κ3) is 4.98. The first-order valence-corrected chi connectivity index (χ1v) is 6.75. The molecule has 0 radical (unpaired) electrons. The largest absolute Gasteiger partial charge is 0.392 e. The van der Waals surface area contributed by atoms with Gasteiger partial charge in [0.25, 0.3) is 0 Å². The molecular formula is C16H18N2O3. The molecule has 21 heavy (non-hydrogen) atoms. The lowest BCUT2D eigenvalue weighted by Gasteiger charge is -2.09. The van der Waals surface area contributed by atoms with E-state index < -0.39 is 0 Å².